The van der Waals surface area contributed by atoms with Crippen molar-refractivity contribution < 1.29 is 19.2 Å². The van der Waals surface area contributed by atoms with Gasteiger partial charge >= 0.3 is 5.97 Å². The summed E-state index contributed by atoms with van der Waals surface area (Å²) in [4.78, 5) is 11.5. The minimum Gasteiger partial charge on any atom is -0.462 e. The SMILES string of the molecule is CCOC(=O)c1ccc(-c2ccc(C=NO)o2)cc1. The van der Waals surface area contributed by atoms with Gasteiger partial charge in [-0.15, -0.1) is 0 Å². The van der Waals surface area contributed by atoms with Crippen molar-refractivity contribution in [3.05, 3.63) is 47.7 Å². The predicted octanol–water partition coefficient (Wildman–Crippen LogP) is 2.93. The van der Waals surface area contributed by atoms with Gasteiger partial charge in [-0.05, 0) is 31.2 Å². The molecule has 2 aromatic rings. The summed E-state index contributed by atoms with van der Waals surface area (Å²) in [6.07, 6.45) is 1.20. The van der Waals surface area contributed by atoms with Gasteiger partial charge in [-0.25, -0.2) is 4.79 Å². The lowest BCUT2D eigenvalue weighted by Gasteiger charge is -2.02. The van der Waals surface area contributed by atoms with Crippen LogP contribution < -0.4 is 0 Å². The Hall–Kier alpha value is -2.56. The van der Waals surface area contributed by atoms with Gasteiger partial charge in [0.05, 0.1) is 12.2 Å². The number of furan rings is 1. The molecule has 0 amide bonds. The van der Waals surface area contributed by atoms with Gasteiger partial charge in [0.1, 0.15) is 17.7 Å². The number of esters is 1. The highest BCUT2D eigenvalue weighted by Gasteiger charge is 2.08. The molecule has 1 heterocycles. The van der Waals surface area contributed by atoms with E-state index in [1.54, 1.807) is 43.3 Å². The monoisotopic (exact) mass is 259 g/mol. The molecule has 0 bridgehead atoms. The molecule has 5 heteroatoms. The topological polar surface area (TPSA) is 72.0 Å². The van der Waals surface area contributed by atoms with Crippen LogP contribution in [0.15, 0.2) is 46.0 Å². The summed E-state index contributed by atoms with van der Waals surface area (Å²) in [6.45, 7) is 2.11. The molecule has 0 aliphatic heterocycles. The van der Waals surface area contributed by atoms with Crippen molar-refractivity contribution in [1.29, 1.82) is 0 Å². The minimum absolute atomic E-state index is 0.346. The minimum atomic E-state index is -0.346. The number of nitrogens with zero attached hydrogens (tertiary/aromatic N) is 1. The van der Waals surface area contributed by atoms with Crippen LogP contribution in [0.5, 0.6) is 0 Å². The second-order valence-electron chi connectivity index (χ2n) is 3.74. The third-order valence-corrected chi connectivity index (χ3v) is 2.49. The van der Waals surface area contributed by atoms with Crippen molar-refractivity contribution in [3.63, 3.8) is 0 Å². The van der Waals surface area contributed by atoms with E-state index in [1.807, 2.05) is 0 Å². The first-order valence-corrected chi connectivity index (χ1v) is 5.79. The van der Waals surface area contributed by atoms with E-state index >= 15 is 0 Å². The van der Waals surface area contributed by atoms with Crippen LogP contribution in [-0.2, 0) is 4.74 Å². The van der Waals surface area contributed by atoms with Gasteiger partial charge in [0.15, 0.2) is 0 Å². The van der Waals surface area contributed by atoms with Crippen molar-refractivity contribution in [2.75, 3.05) is 6.61 Å². The van der Waals surface area contributed by atoms with E-state index in [9.17, 15) is 4.79 Å². The third kappa shape index (κ3) is 3.01. The number of ether oxygens (including phenoxy) is 1. The fraction of sp³-hybridized carbons (Fsp3) is 0.143. The normalized spacial score (nSPS) is 10.8. The highest BCUT2D eigenvalue weighted by molar-refractivity contribution is 5.90. The van der Waals surface area contributed by atoms with E-state index in [-0.39, 0.29) is 5.97 Å². The number of hydrogen-bond donors (Lipinski definition) is 1. The summed E-state index contributed by atoms with van der Waals surface area (Å²) < 4.78 is 10.3. The molecule has 98 valence electrons. The van der Waals surface area contributed by atoms with Crippen LogP contribution in [0, 0.1) is 0 Å². The van der Waals surface area contributed by atoms with Gasteiger partial charge < -0.3 is 14.4 Å². The van der Waals surface area contributed by atoms with Crippen LogP contribution in [0.4, 0.5) is 0 Å². The molecule has 19 heavy (non-hydrogen) atoms. The van der Waals surface area contributed by atoms with E-state index in [0.717, 1.165) is 5.56 Å². The Bertz CT molecular complexity index is 584. The van der Waals surface area contributed by atoms with Crippen LogP contribution in [0.1, 0.15) is 23.0 Å². The Morgan fingerprint density at radius 1 is 1.32 bits per heavy atom. The highest BCUT2D eigenvalue weighted by atomic mass is 16.5. The molecule has 0 radical (unpaired) electrons. The maximum absolute atomic E-state index is 11.5. The molecule has 0 aliphatic carbocycles. The van der Waals surface area contributed by atoms with E-state index < -0.39 is 0 Å². The van der Waals surface area contributed by atoms with Crippen LogP contribution in [0.25, 0.3) is 11.3 Å². The Morgan fingerprint density at radius 2 is 2.05 bits per heavy atom. The molecule has 1 aromatic carbocycles. The molecule has 0 fully saturated rings. The first kappa shape index (κ1) is 12.9. The Balaban J connectivity index is 2.19. The number of carbonyl (C=O) groups excluding carboxylic acids is 1. The van der Waals surface area contributed by atoms with Gasteiger partial charge in [-0.1, -0.05) is 17.3 Å². The largest absolute Gasteiger partial charge is 0.462 e. The van der Waals surface area contributed by atoms with E-state index in [4.69, 9.17) is 14.4 Å². The average molecular weight is 259 g/mol. The molecule has 0 spiro atoms. The van der Waals surface area contributed by atoms with Crippen molar-refractivity contribution in [1.82, 2.24) is 0 Å². The lowest BCUT2D eigenvalue weighted by atomic mass is 10.1. The van der Waals surface area contributed by atoms with Crippen LogP contribution in [0.2, 0.25) is 0 Å². The van der Waals surface area contributed by atoms with Crippen molar-refractivity contribution in [2.24, 2.45) is 5.16 Å². The number of hydrogen-bond acceptors (Lipinski definition) is 5. The summed E-state index contributed by atoms with van der Waals surface area (Å²) in [5.74, 6) is 0.735. The van der Waals surface area contributed by atoms with Crippen LogP contribution in [-0.4, -0.2) is 24.0 Å². The number of rotatable bonds is 4. The fourth-order valence-corrected chi connectivity index (χ4v) is 1.62. The molecule has 1 N–H and O–H groups in total. The van der Waals surface area contributed by atoms with E-state index in [1.165, 1.54) is 6.21 Å². The van der Waals surface area contributed by atoms with E-state index in [2.05, 4.69) is 5.16 Å². The maximum Gasteiger partial charge on any atom is 0.338 e. The summed E-state index contributed by atoms with van der Waals surface area (Å²) in [7, 11) is 0. The zero-order valence-electron chi connectivity index (χ0n) is 10.4. The Kier molecular flexibility index (Phi) is 3.97. The average Bonchev–Trinajstić information content (AvgIpc) is 2.88. The predicted molar refractivity (Wildman–Crippen MR) is 69.5 cm³/mol. The summed E-state index contributed by atoms with van der Waals surface area (Å²) in [5.41, 5.74) is 1.32. The lowest BCUT2D eigenvalue weighted by molar-refractivity contribution is 0.0526. The van der Waals surface area contributed by atoms with Crippen molar-refractivity contribution in [2.45, 2.75) is 6.92 Å². The zero-order chi connectivity index (χ0) is 13.7. The Labute approximate surface area is 110 Å². The summed E-state index contributed by atoms with van der Waals surface area (Å²) >= 11 is 0. The zero-order valence-corrected chi connectivity index (χ0v) is 10.4. The third-order valence-electron chi connectivity index (χ3n) is 2.49. The first-order valence-electron chi connectivity index (χ1n) is 5.79. The van der Waals surface area contributed by atoms with Gasteiger partial charge in [-0.2, -0.15) is 0 Å². The molecular formula is C14H13NO4. The van der Waals surface area contributed by atoms with E-state index in [0.29, 0.717) is 23.7 Å². The molecule has 0 atom stereocenters. The maximum atomic E-state index is 11.5. The smallest absolute Gasteiger partial charge is 0.338 e. The fourth-order valence-electron chi connectivity index (χ4n) is 1.62. The number of carbonyl (C=O) groups is 1. The van der Waals surface area contributed by atoms with Gasteiger partial charge in [-0.3, -0.25) is 0 Å². The first-order chi connectivity index (χ1) is 9.24. The molecule has 1 aromatic heterocycles. The highest BCUT2D eigenvalue weighted by Crippen LogP contribution is 2.22. The summed E-state index contributed by atoms with van der Waals surface area (Å²) in [6, 6.07) is 10.3. The second kappa shape index (κ2) is 5.86. The Morgan fingerprint density at radius 3 is 2.68 bits per heavy atom. The van der Waals surface area contributed by atoms with Gasteiger partial charge in [0.2, 0.25) is 0 Å². The van der Waals surface area contributed by atoms with Gasteiger partial charge in [0.25, 0.3) is 0 Å². The molecule has 5 nitrogen and oxygen atoms in total. The van der Waals surface area contributed by atoms with Gasteiger partial charge in [0, 0.05) is 5.56 Å². The molecule has 0 aliphatic rings. The molecule has 2 rings (SSSR count). The second-order valence-corrected chi connectivity index (χ2v) is 3.74. The van der Waals surface area contributed by atoms with Crippen molar-refractivity contribution in [3.8, 4) is 11.3 Å². The molecule has 0 saturated carbocycles. The molecular weight excluding hydrogens is 246 g/mol. The standard InChI is InChI=1S/C14H13NO4/c1-2-18-14(16)11-5-3-10(4-6-11)13-8-7-12(19-13)9-15-17/h3-9,17H,2H2,1H3. The quantitative estimate of drug-likeness (QED) is 0.396. The van der Waals surface area contributed by atoms with Crippen LogP contribution in [0.3, 0.4) is 0 Å². The summed E-state index contributed by atoms with van der Waals surface area (Å²) in [5, 5.41) is 11.3. The van der Waals surface area contributed by atoms with Crippen LogP contribution >= 0.6 is 0 Å². The molecule has 0 unspecified atom stereocenters. The lowest BCUT2D eigenvalue weighted by Crippen LogP contribution is -2.03. The number of benzene rings is 1. The van der Waals surface area contributed by atoms with Crippen molar-refractivity contribution >= 4 is 12.2 Å². The number of oxime groups is 1. The molecule has 0 saturated heterocycles.